The van der Waals surface area contributed by atoms with Crippen LogP contribution in [0.2, 0.25) is 5.02 Å². The summed E-state index contributed by atoms with van der Waals surface area (Å²) in [4.78, 5) is 12.9. The van der Waals surface area contributed by atoms with E-state index in [9.17, 15) is 13.2 Å². The lowest BCUT2D eigenvalue weighted by Gasteiger charge is -2.32. The first-order valence-corrected chi connectivity index (χ1v) is 11.3. The fourth-order valence-electron chi connectivity index (χ4n) is 4.84. The molecule has 7 heteroatoms. The highest BCUT2D eigenvalue weighted by Gasteiger charge is 2.41. The number of sulfonamides is 1. The van der Waals surface area contributed by atoms with Gasteiger partial charge in [-0.3, -0.25) is 4.79 Å². The molecule has 142 valence electrons. The maximum absolute atomic E-state index is 12.7. The monoisotopic (exact) mass is 396 g/mol. The highest BCUT2D eigenvalue weighted by atomic mass is 35.5. The molecule has 4 rings (SSSR count). The van der Waals surface area contributed by atoms with Crippen molar-refractivity contribution in [1.29, 1.82) is 0 Å². The van der Waals surface area contributed by atoms with Crippen molar-refractivity contribution in [2.24, 2.45) is 17.8 Å². The third kappa shape index (κ3) is 3.51. The SMILES string of the molecule is O=C(N[C@@H]1C[C@H]2CC[C@H]1C2)C1CCN(S(=O)(=O)c2ccc(Cl)cc2)CC1. The molecule has 0 aromatic heterocycles. The van der Waals surface area contributed by atoms with E-state index in [-0.39, 0.29) is 16.7 Å². The third-order valence-corrected chi connectivity index (χ3v) is 8.51. The van der Waals surface area contributed by atoms with Gasteiger partial charge in [-0.25, -0.2) is 8.42 Å². The first-order valence-electron chi connectivity index (χ1n) is 9.49. The maximum atomic E-state index is 12.7. The number of carbonyl (C=O) groups excluding carboxylic acids is 1. The Morgan fingerprint density at radius 3 is 2.31 bits per heavy atom. The Balaban J connectivity index is 1.33. The largest absolute Gasteiger partial charge is 0.353 e. The quantitative estimate of drug-likeness (QED) is 0.850. The van der Waals surface area contributed by atoms with Crippen LogP contribution in [0.25, 0.3) is 0 Å². The number of piperidine rings is 1. The molecule has 3 aliphatic rings. The Kier molecular flexibility index (Phi) is 5.01. The lowest BCUT2D eigenvalue weighted by Crippen LogP contribution is -2.46. The van der Waals surface area contributed by atoms with Crippen molar-refractivity contribution in [3.63, 3.8) is 0 Å². The molecule has 1 heterocycles. The fraction of sp³-hybridized carbons (Fsp3) is 0.632. The van der Waals surface area contributed by atoms with Crippen LogP contribution >= 0.6 is 11.6 Å². The molecule has 2 saturated carbocycles. The number of carbonyl (C=O) groups is 1. The van der Waals surface area contributed by atoms with Gasteiger partial charge in [-0.05, 0) is 68.2 Å². The normalized spacial score (nSPS) is 29.8. The molecule has 1 aliphatic heterocycles. The zero-order valence-electron chi connectivity index (χ0n) is 14.7. The molecule has 2 bridgehead atoms. The number of hydrogen-bond acceptors (Lipinski definition) is 3. The van der Waals surface area contributed by atoms with Crippen LogP contribution in [0.4, 0.5) is 0 Å². The smallest absolute Gasteiger partial charge is 0.243 e. The van der Waals surface area contributed by atoms with Crippen molar-refractivity contribution >= 4 is 27.5 Å². The molecule has 0 spiro atoms. The molecule has 2 aliphatic carbocycles. The first-order chi connectivity index (χ1) is 12.4. The minimum atomic E-state index is -3.51. The zero-order valence-corrected chi connectivity index (χ0v) is 16.3. The van der Waals surface area contributed by atoms with Gasteiger partial charge in [0.2, 0.25) is 15.9 Å². The van der Waals surface area contributed by atoms with Crippen LogP contribution < -0.4 is 5.32 Å². The highest BCUT2D eigenvalue weighted by molar-refractivity contribution is 7.89. The number of nitrogens with zero attached hydrogens (tertiary/aromatic N) is 1. The summed E-state index contributed by atoms with van der Waals surface area (Å²) in [6.45, 7) is 0.777. The van der Waals surface area contributed by atoms with Gasteiger partial charge in [0.25, 0.3) is 0 Å². The van der Waals surface area contributed by atoms with E-state index >= 15 is 0 Å². The second kappa shape index (κ2) is 7.13. The number of amides is 1. The Morgan fingerprint density at radius 2 is 1.73 bits per heavy atom. The molecule has 0 radical (unpaired) electrons. The summed E-state index contributed by atoms with van der Waals surface area (Å²) in [6, 6.07) is 6.59. The van der Waals surface area contributed by atoms with E-state index in [1.54, 1.807) is 12.1 Å². The Hall–Kier alpha value is -1.11. The van der Waals surface area contributed by atoms with Gasteiger partial charge in [0, 0.05) is 30.1 Å². The van der Waals surface area contributed by atoms with Gasteiger partial charge in [-0.15, -0.1) is 0 Å². The van der Waals surface area contributed by atoms with E-state index in [2.05, 4.69) is 5.32 Å². The molecule has 0 unspecified atom stereocenters. The number of halogens is 1. The number of benzene rings is 1. The van der Waals surface area contributed by atoms with Crippen molar-refractivity contribution in [1.82, 2.24) is 9.62 Å². The summed E-state index contributed by atoms with van der Waals surface area (Å²) in [5, 5.41) is 3.76. The topological polar surface area (TPSA) is 66.5 Å². The molecule has 5 nitrogen and oxygen atoms in total. The third-order valence-electron chi connectivity index (χ3n) is 6.34. The van der Waals surface area contributed by atoms with E-state index in [0.717, 1.165) is 12.3 Å². The Morgan fingerprint density at radius 1 is 1.04 bits per heavy atom. The summed E-state index contributed by atoms with van der Waals surface area (Å²) >= 11 is 5.84. The Bertz CT molecular complexity index is 772. The summed E-state index contributed by atoms with van der Waals surface area (Å²) in [5.41, 5.74) is 0. The minimum absolute atomic E-state index is 0.0780. The summed E-state index contributed by atoms with van der Waals surface area (Å²) in [7, 11) is -3.51. The van der Waals surface area contributed by atoms with Gasteiger partial charge in [0.1, 0.15) is 0 Å². The van der Waals surface area contributed by atoms with Gasteiger partial charge in [0.05, 0.1) is 4.90 Å². The number of rotatable bonds is 4. The zero-order chi connectivity index (χ0) is 18.3. The maximum Gasteiger partial charge on any atom is 0.243 e. The van der Waals surface area contributed by atoms with Gasteiger partial charge >= 0.3 is 0 Å². The molecule has 1 saturated heterocycles. The molecule has 3 atom stereocenters. The molecular formula is C19H25ClN2O3S. The van der Waals surface area contributed by atoms with Crippen LogP contribution in [0.1, 0.15) is 38.5 Å². The van der Waals surface area contributed by atoms with Crippen LogP contribution in [0.5, 0.6) is 0 Å². The molecule has 3 fully saturated rings. The summed E-state index contributed by atoms with van der Waals surface area (Å²) < 4.78 is 26.9. The van der Waals surface area contributed by atoms with Crippen molar-refractivity contribution in [3.05, 3.63) is 29.3 Å². The molecule has 1 N–H and O–H groups in total. The van der Waals surface area contributed by atoms with Crippen LogP contribution in [0, 0.1) is 17.8 Å². The van der Waals surface area contributed by atoms with E-state index < -0.39 is 10.0 Å². The van der Waals surface area contributed by atoms with Crippen LogP contribution in [-0.2, 0) is 14.8 Å². The highest BCUT2D eigenvalue weighted by Crippen LogP contribution is 2.44. The van der Waals surface area contributed by atoms with Crippen LogP contribution in [-0.4, -0.2) is 37.8 Å². The van der Waals surface area contributed by atoms with Crippen LogP contribution in [0.3, 0.4) is 0 Å². The predicted molar refractivity (Wildman–Crippen MR) is 100 cm³/mol. The summed E-state index contributed by atoms with van der Waals surface area (Å²) in [6.07, 6.45) is 6.12. The van der Waals surface area contributed by atoms with E-state index in [1.807, 2.05) is 0 Å². The molecule has 1 amide bonds. The average molecular weight is 397 g/mol. The van der Waals surface area contributed by atoms with E-state index in [4.69, 9.17) is 11.6 Å². The standard InChI is InChI=1S/C19H25ClN2O3S/c20-16-3-5-17(6-4-16)26(24,25)22-9-7-14(8-10-22)19(23)21-18-12-13-1-2-15(18)11-13/h3-6,13-15,18H,1-2,7-12H2,(H,21,23)/t13-,15-,18+/m0/s1. The first kappa shape index (κ1) is 18.3. The lowest BCUT2D eigenvalue weighted by molar-refractivity contribution is -0.127. The number of nitrogens with one attached hydrogen (secondary N) is 1. The van der Waals surface area contributed by atoms with Crippen LogP contribution in [0.15, 0.2) is 29.2 Å². The van der Waals surface area contributed by atoms with Gasteiger partial charge in [0.15, 0.2) is 0 Å². The van der Waals surface area contributed by atoms with Gasteiger partial charge in [-0.2, -0.15) is 4.31 Å². The molecule has 1 aromatic carbocycles. The lowest BCUT2D eigenvalue weighted by atomic mass is 9.93. The average Bonchev–Trinajstić information content (AvgIpc) is 3.25. The van der Waals surface area contributed by atoms with Crippen molar-refractivity contribution in [2.75, 3.05) is 13.1 Å². The van der Waals surface area contributed by atoms with Gasteiger partial charge in [-0.1, -0.05) is 18.0 Å². The van der Waals surface area contributed by atoms with Gasteiger partial charge < -0.3 is 5.32 Å². The predicted octanol–water partition coefficient (Wildman–Crippen LogP) is 3.05. The molecule has 26 heavy (non-hydrogen) atoms. The van der Waals surface area contributed by atoms with Crippen molar-refractivity contribution < 1.29 is 13.2 Å². The number of hydrogen-bond donors (Lipinski definition) is 1. The molecule has 1 aromatic rings. The van der Waals surface area contributed by atoms with Crippen molar-refractivity contribution in [3.8, 4) is 0 Å². The number of fused-ring (bicyclic) bond motifs is 2. The fourth-order valence-corrected chi connectivity index (χ4v) is 6.43. The second-order valence-electron chi connectivity index (χ2n) is 7.92. The van der Waals surface area contributed by atoms with E-state index in [1.165, 1.54) is 35.7 Å². The Labute approximate surface area is 160 Å². The van der Waals surface area contributed by atoms with Crippen molar-refractivity contribution in [2.45, 2.75) is 49.5 Å². The van der Waals surface area contributed by atoms with E-state index in [0.29, 0.717) is 42.9 Å². The minimum Gasteiger partial charge on any atom is -0.353 e. The second-order valence-corrected chi connectivity index (χ2v) is 10.3. The summed E-state index contributed by atoms with van der Waals surface area (Å²) in [5.74, 6) is 1.50. The molecular weight excluding hydrogens is 372 g/mol.